The fourth-order valence-corrected chi connectivity index (χ4v) is 2.14. The topological polar surface area (TPSA) is 91.3 Å². The molecule has 0 aromatic carbocycles. The zero-order valence-electron chi connectivity index (χ0n) is 11.5. The normalized spacial score (nSPS) is 12.8. The van der Waals surface area contributed by atoms with Gasteiger partial charge in [-0.05, 0) is 27.7 Å². The Hall–Kier alpha value is -1.63. The van der Waals surface area contributed by atoms with Crippen LogP contribution in [0.25, 0.3) is 0 Å². The summed E-state index contributed by atoms with van der Waals surface area (Å²) in [4.78, 5) is 26.5. The van der Waals surface area contributed by atoms with Crippen molar-refractivity contribution in [1.29, 1.82) is 0 Å². The molecule has 1 heterocycles. The fourth-order valence-electron chi connectivity index (χ4n) is 1.34. The van der Waals surface area contributed by atoms with Gasteiger partial charge in [0.15, 0.2) is 5.13 Å². The lowest BCUT2D eigenvalue weighted by Gasteiger charge is -2.23. The predicted octanol–water partition coefficient (Wildman–Crippen LogP) is 1.49. The highest BCUT2D eigenvalue weighted by Crippen LogP contribution is 2.17. The summed E-state index contributed by atoms with van der Waals surface area (Å²) >= 11 is 1.29. The molecule has 0 saturated carbocycles. The lowest BCUT2D eigenvalue weighted by atomic mass is 10.1. The summed E-state index contributed by atoms with van der Waals surface area (Å²) in [5.74, 6) is -1.04. The van der Waals surface area contributed by atoms with Gasteiger partial charge in [-0.25, -0.2) is 4.98 Å². The summed E-state index contributed by atoms with van der Waals surface area (Å²) in [6.07, 6.45) is -0.110. The number of carboxylic acid groups (broad SMARTS) is 1. The summed E-state index contributed by atoms with van der Waals surface area (Å²) in [7, 11) is 0. The largest absolute Gasteiger partial charge is 0.481 e. The Bertz CT molecular complexity index is 465. The zero-order chi connectivity index (χ0) is 14.6. The number of thiazole rings is 1. The van der Waals surface area contributed by atoms with Crippen LogP contribution in [-0.2, 0) is 16.0 Å². The number of aromatic nitrogens is 1. The van der Waals surface area contributed by atoms with Crippen LogP contribution in [0.3, 0.4) is 0 Å². The summed E-state index contributed by atoms with van der Waals surface area (Å²) in [5, 5.41) is 16.7. The van der Waals surface area contributed by atoms with Crippen LogP contribution in [0.5, 0.6) is 0 Å². The first kappa shape index (κ1) is 15.4. The summed E-state index contributed by atoms with van der Waals surface area (Å²) in [6.45, 7) is 7.46. The molecular formula is C12H19N3O3S. The van der Waals surface area contributed by atoms with E-state index in [1.807, 2.05) is 20.8 Å². The maximum atomic E-state index is 11.9. The van der Waals surface area contributed by atoms with Gasteiger partial charge < -0.3 is 15.7 Å². The third-order valence-corrected chi connectivity index (χ3v) is 2.94. The van der Waals surface area contributed by atoms with E-state index in [-0.39, 0.29) is 17.9 Å². The van der Waals surface area contributed by atoms with Crippen LogP contribution in [0.15, 0.2) is 5.38 Å². The lowest BCUT2D eigenvalue weighted by molar-refractivity contribution is -0.136. The molecule has 3 N–H and O–H groups in total. The highest BCUT2D eigenvalue weighted by molar-refractivity contribution is 7.13. The third kappa shape index (κ3) is 5.69. The second kappa shape index (κ2) is 6.01. The van der Waals surface area contributed by atoms with Gasteiger partial charge >= 0.3 is 5.97 Å². The lowest BCUT2D eigenvalue weighted by Crippen LogP contribution is -2.47. The molecule has 0 saturated heterocycles. The average molecular weight is 285 g/mol. The van der Waals surface area contributed by atoms with Crippen molar-refractivity contribution >= 4 is 28.3 Å². The molecule has 0 spiro atoms. The van der Waals surface area contributed by atoms with E-state index in [0.29, 0.717) is 10.8 Å². The fraction of sp³-hybridized carbons (Fsp3) is 0.583. The molecule has 1 aromatic heterocycles. The number of nitrogens with one attached hydrogen (secondary N) is 2. The number of hydrogen-bond donors (Lipinski definition) is 3. The molecular weight excluding hydrogens is 266 g/mol. The minimum absolute atomic E-state index is 0.110. The second-order valence-electron chi connectivity index (χ2n) is 5.32. The van der Waals surface area contributed by atoms with Crippen molar-refractivity contribution in [2.45, 2.75) is 45.7 Å². The van der Waals surface area contributed by atoms with Gasteiger partial charge in [0.25, 0.3) is 0 Å². The van der Waals surface area contributed by atoms with E-state index in [1.165, 1.54) is 11.3 Å². The van der Waals surface area contributed by atoms with Crippen LogP contribution in [0.1, 0.15) is 33.4 Å². The van der Waals surface area contributed by atoms with Gasteiger partial charge in [-0.1, -0.05) is 0 Å². The van der Waals surface area contributed by atoms with Gasteiger partial charge in [0.2, 0.25) is 5.91 Å². The van der Waals surface area contributed by atoms with E-state index in [4.69, 9.17) is 5.11 Å². The van der Waals surface area contributed by atoms with Crippen molar-refractivity contribution in [3.05, 3.63) is 11.1 Å². The van der Waals surface area contributed by atoms with Crippen LogP contribution in [0, 0.1) is 0 Å². The number of carbonyl (C=O) groups excluding carboxylic acids is 1. The standard InChI is InChI=1S/C12H19N3O3S/c1-7(10(18)15-12(2,3)4)13-11-14-8(6-19-11)5-9(16)17/h6-7H,5H2,1-4H3,(H,13,14)(H,15,18)(H,16,17). The van der Waals surface area contributed by atoms with E-state index >= 15 is 0 Å². The Morgan fingerprint density at radius 3 is 2.63 bits per heavy atom. The molecule has 1 unspecified atom stereocenters. The van der Waals surface area contributed by atoms with Gasteiger partial charge in [0.05, 0.1) is 12.1 Å². The summed E-state index contributed by atoms with van der Waals surface area (Å²) < 4.78 is 0. The molecule has 0 aliphatic heterocycles. The number of nitrogens with zero attached hydrogens (tertiary/aromatic N) is 1. The van der Waals surface area contributed by atoms with Gasteiger partial charge in [-0.15, -0.1) is 11.3 Å². The number of aliphatic carboxylic acids is 1. The van der Waals surface area contributed by atoms with E-state index in [2.05, 4.69) is 15.6 Å². The molecule has 7 heteroatoms. The monoisotopic (exact) mass is 285 g/mol. The van der Waals surface area contributed by atoms with Gasteiger partial charge in [-0.3, -0.25) is 9.59 Å². The average Bonchev–Trinajstić information content (AvgIpc) is 2.61. The zero-order valence-corrected chi connectivity index (χ0v) is 12.3. The molecule has 1 atom stereocenters. The minimum atomic E-state index is -0.921. The summed E-state index contributed by atoms with van der Waals surface area (Å²) in [5.41, 5.74) is 0.202. The first-order chi connectivity index (χ1) is 8.67. The van der Waals surface area contributed by atoms with Crippen LogP contribution < -0.4 is 10.6 Å². The van der Waals surface area contributed by atoms with Gasteiger partial charge in [-0.2, -0.15) is 0 Å². The second-order valence-corrected chi connectivity index (χ2v) is 6.18. The van der Waals surface area contributed by atoms with E-state index in [1.54, 1.807) is 12.3 Å². The molecule has 1 rings (SSSR count). The molecule has 6 nitrogen and oxygen atoms in total. The SMILES string of the molecule is CC(Nc1nc(CC(=O)O)cs1)C(=O)NC(C)(C)C. The highest BCUT2D eigenvalue weighted by atomic mass is 32.1. The van der Waals surface area contributed by atoms with Crippen molar-refractivity contribution in [2.75, 3.05) is 5.32 Å². The Labute approximate surface area is 116 Å². The number of rotatable bonds is 5. The first-order valence-corrected chi connectivity index (χ1v) is 6.80. The number of anilines is 1. The van der Waals surface area contributed by atoms with Crippen LogP contribution in [-0.4, -0.2) is 33.5 Å². The predicted molar refractivity (Wildman–Crippen MR) is 74.4 cm³/mol. The van der Waals surface area contributed by atoms with Crippen LogP contribution >= 0.6 is 11.3 Å². The van der Waals surface area contributed by atoms with Crippen molar-refractivity contribution in [3.8, 4) is 0 Å². The van der Waals surface area contributed by atoms with Gasteiger partial charge in [0.1, 0.15) is 6.04 Å². The maximum Gasteiger partial charge on any atom is 0.309 e. The van der Waals surface area contributed by atoms with E-state index in [0.717, 1.165) is 0 Å². The van der Waals surface area contributed by atoms with Crippen molar-refractivity contribution < 1.29 is 14.7 Å². The van der Waals surface area contributed by atoms with Crippen molar-refractivity contribution in [3.63, 3.8) is 0 Å². The molecule has 0 aliphatic rings. The molecule has 0 radical (unpaired) electrons. The number of hydrogen-bond acceptors (Lipinski definition) is 5. The highest BCUT2D eigenvalue weighted by Gasteiger charge is 2.20. The molecule has 0 fully saturated rings. The van der Waals surface area contributed by atoms with E-state index in [9.17, 15) is 9.59 Å². The molecule has 1 aromatic rings. The van der Waals surface area contributed by atoms with Crippen LogP contribution in [0.4, 0.5) is 5.13 Å². The minimum Gasteiger partial charge on any atom is -0.481 e. The quantitative estimate of drug-likeness (QED) is 0.762. The number of carbonyl (C=O) groups is 2. The van der Waals surface area contributed by atoms with Crippen molar-refractivity contribution in [1.82, 2.24) is 10.3 Å². The number of carboxylic acids is 1. The van der Waals surface area contributed by atoms with Crippen molar-refractivity contribution in [2.24, 2.45) is 0 Å². The Balaban J connectivity index is 2.57. The molecule has 106 valence electrons. The smallest absolute Gasteiger partial charge is 0.309 e. The Kier molecular flexibility index (Phi) is 4.88. The first-order valence-electron chi connectivity index (χ1n) is 5.92. The van der Waals surface area contributed by atoms with Gasteiger partial charge in [0, 0.05) is 10.9 Å². The molecule has 0 aliphatic carbocycles. The summed E-state index contributed by atoms with van der Waals surface area (Å²) in [6, 6.07) is -0.428. The Morgan fingerprint density at radius 1 is 1.47 bits per heavy atom. The molecule has 19 heavy (non-hydrogen) atoms. The molecule has 0 bridgehead atoms. The third-order valence-electron chi connectivity index (χ3n) is 2.12. The Morgan fingerprint density at radius 2 is 2.11 bits per heavy atom. The van der Waals surface area contributed by atoms with E-state index < -0.39 is 12.0 Å². The van der Waals surface area contributed by atoms with Crippen LogP contribution in [0.2, 0.25) is 0 Å². The number of amides is 1. The maximum absolute atomic E-state index is 11.9. The molecule has 1 amide bonds.